The Labute approximate surface area is 169 Å². The molecule has 3 aromatic rings. The van der Waals surface area contributed by atoms with Gasteiger partial charge in [-0.2, -0.15) is 4.31 Å². The Bertz CT molecular complexity index is 1080. The van der Waals surface area contributed by atoms with E-state index < -0.39 is 10.0 Å². The molecule has 0 aromatic carbocycles. The molecule has 0 saturated carbocycles. The van der Waals surface area contributed by atoms with E-state index in [-0.39, 0.29) is 10.8 Å². The predicted octanol–water partition coefficient (Wildman–Crippen LogP) is 2.79. The molecule has 1 saturated heterocycles. The van der Waals surface area contributed by atoms with Crippen molar-refractivity contribution in [2.75, 3.05) is 18.4 Å². The maximum Gasteiger partial charge on any atom is 0.248 e. The summed E-state index contributed by atoms with van der Waals surface area (Å²) < 4.78 is 32.9. The third-order valence-corrected chi connectivity index (χ3v) is 7.06. The van der Waals surface area contributed by atoms with Crippen LogP contribution < -0.4 is 5.32 Å². The van der Waals surface area contributed by atoms with Crippen molar-refractivity contribution in [2.45, 2.75) is 37.5 Å². The number of pyridine rings is 1. The van der Waals surface area contributed by atoms with Gasteiger partial charge >= 0.3 is 0 Å². The van der Waals surface area contributed by atoms with Crippen LogP contribution in [0.5, 0.6) is 0 Å². The molecule has 0 unspecified atom stereocenters. The highest BCUT2D eigenvalue weighted by molar-refractivity contribution is 7.89. The molecule has 152 valence electrons. The first-order valence-corrected chi connectivity index (χ1v) is 10.8. The number of nitrogens with zero attached hydrogens (tertiary/aromatic N) is 5. The largest absolute Gasteiger partial charge is 0.360 e. The van der Waals surface area contributed by atoms with E-state index in [2.05, 4.69) is 25.4 Å². The van der Waals surface area contributed by atoms with Gasteiger partial charge < -0.3 is 9.84 Å². The predicted molar refractivity (Wildman–Crippen MR) is 106 cm³/mol. The van der Waals surface area contributed by atoms with Crippen LogP contribution in [0, 0.1) is 13.8 Å². The number of hydrogen-bond acceptors (Lipinski definition) is 8. The number of rotatable bonds is 5. The fourth-order valence-corrected chi connectivity index (χ4v) is 5.40. The minimum Gasteiger partial charge on any atom is -0.360 e. The zero-order valence-corrected chi connectivity index (χ0v) is 17.1. The lowest BCUT2D eigenvalue weighted by Gasteiger charge is -2.31. The van der Waals surface area contributed by atoms with Gasteiger partial charge in [0.1, 0.15) is 16.4 Å². The first-order valence-electron chi connectivity index (χ1n) is 9.39. The Morgan fingerprint density at radius 3 is 2.76 bits per heavy atom. The van der Waals surface area contributed by atoms with Crippen molar-refractivity contribution in [2.24, 2.45) is 0 Å². The summed E-state index contributed by atoms with van der Waals surface area (Å²) in [7, 11) is -3.67. The highest BCUT2D eigenvalue weighted by atomic mass is 32.2. The van der Waals surface area contributed by atoms with Crippen LogP contribution in [0.1, 0.15) is 35.9 Å². The van der Waals surface area contributed by atoms with E-state index in [1.165, 1.54) is 4.31 Å². The molecule has 0 aliphatic carbocycles. The number of nitrogens with one attached hydrogen (secondary N) is 1. The minimum absolute atomic E-state index is 0.0220. The third kappa shape index (κ3) is 3.99. The van der Waals surface area contributed by atoms with Gasteiger partial charge in [-0.1, -0.05) is 11.2 Å². The number of aromatic nitrogens is 4. The van der Waals surface area contributed by atoms with Gasteiger partial charge in [-0.3, -0.25) is 0 Å². The van der Waals surface area contributed by atoms with Crippen molar-refractivity contribution in [1.82, 2.24) is 24.4 Å². The van der Waals surface area contributed by atoms with Crippen molar-refractivity contribution < 1.29 is 12.9 Å². The van der Waals surface area contributed by atoms with Gasteiger partial charge in [0.15, 0.2) is 5.76 Å². The normalized spacial score (nSPS) is 17.9. The second-order valence-electron chi connectivity index (χ2n) is 7.00. The van der Waals surface area contributed by atoms with Crippen LogP contribution in [0.25, 0.3) is 0 Å². The quantitative estimate of drug-likeness (QED) is 0.678. The first-order chi connectivity index (χ1) is 13.9. The topological polar surface area (TPSA) is 114 Å². The van der Waals surface area contributed by atoms with Crippen molar-refractivity contribution in [3.63, 3.8) is 0 Å². The van der Waals surface area contributed by atoms with Gasteiger partial charge in [-0.05, 0) is 44.9 Å². The molecule has 29 heavy (non-hydrogen) atoms. The highest BCUT2D eigenvalue weighted by Gasteiger charge is 2.35. The first kappa shape index (κ1) is 19.5. The second kappa shape index (κ2) is 7.88. The zero-order valence-electron chi connectivity index (χ0n) is 16.2. The van der Waals surface area contributed by atoms with Crippen molar-refractivity contribution in [3.05, 3.63) is 53.8 Å². The van der Waals surface area contributed by atoms with Gasteiger partial charge in [0.05, 0.1) is 5.69 Å². The summed E-state index contributed by atoms with van der Waals surface area (Å²) in [6.07, 6.45) is 4.97. The average molecular weight is 414 g/mol. The summed E-state index contributed by atoms with van der Waals surface area (Å²) in [6.45, 7) is 4.08. The molecule has 9 nitrogen and oxygen atoms in total. The standard InChI is InChI=1S/C19H22N6O3S/c1-13-18(14(2)28-24-13)29(26,27)25-11-5-6-15(12-25)16-8-10-21-19(22-16)23-17-7-3-4-9-20-17/h3-4,7-10,15H,5-6,11-12H2,1-2H3,(H,20,21,22,23)/t15-/m1/s1. The van der Waals surface area contributed by atoms with E-state index in [0.717, 1.165) is 18.5 Å². The molecule has 1 atom stereocenters. The molecule has 10 heteroatoms. The van der Waals surface area contributed by atoms with Crippen LogP contribution in [-0.2, 0) is 10.0 Å². The molecule has 4 rings (SSSR count). The molecule has 0 bridgehead atoms. The molecule has 3 aromatic heterocycles. The monoisotopic (exact) mass is 414 g/mol. The van der Waals surface area contributed by atoms with Crippen LogP contribution in [0.4, 0.5) is 11.8 Å². The summed E-state index contributed by atoms with van der Waals surface area (Å²) in [4.78, 5) is 13.2. The molecule has 1 N–H and O–H groups in total. The van der Waals surface area contributed by atoms with Gasteiger partial charge in [-0.15, -0.1) is 0 Å². The Morgan fingerprint density at radius 2 is 2.03 bits per heavy atom. The SMILES string of the molecule is Cc1noc(C)c1S(=O)(=O)N1CCC[C@@H](c2ccnc(Nc3ccccn3)n2)C1. The van der Waals surface area contributed by atoms with E-state index in [9.17, 15) is 8.42 Å². The molecule has 4 heterocycles. The van der Waals surface area contributed by atoms with Crippen LogP contribution in [0.3, 0.4) is 0 Å². The van der Waals surface area contributed by atoms with Crippen molar-refractivity contribution >= 4 is 21.8 Å². The summed E-state index contributed by atoms with van der Waals surface area (Å²) in [6, 6.07) is 7.37. The maximum absolute atomic E-state index is 13.1. The molecule has 0 amide bonds. The van der Waals surface area contributed by atoms with Crippen LogP contribution in [0.15, 0.2) is 46.1 Å². The van der Waals surface area contributed by atoms with Crippen LogP contribution >= 0.6 is 0 Å². The lowest BCUT2D eigenvalue weighted by molar-refractivity contribution is 0.312. The minimum atomic E-state index is -3.67. The smallest absolute Gasteiger partial charge is 0.248 e. The number of hydrogen-bond donors (Lipinski definition) is 1. The van der Waals surface area contributed by atoms with Gasteiger partial charge in [0, 0.05) is 31.4 Å². The Balaban J connectivity index is 1.55. The van der Waals surface area contributed by atoms with E-state index in [4.69, 9.17) is 4.52 Å². The van der Waals surface area contributed by atoms with Crippen LogP contribution in [0.2, 0.25) is 0 Å². The zero-order chi connectivity index (χ0) is 20.4. The second-order valence-corrected chi connectivity index (χ2v) is 8.88. The molecular weight excluding hydrogens is 392 g/mol. The molecule has 1 aliphatic rings. The Hall–Kier alpha value is -2.85. The lowest BCUT2D eigenvalue weighted by atomic mass is 9.96. The van der Waals surface area contributed by atoms with E-state index in [0.29, 0.717) is 36.3 Å². The van der Waals surface area contributed by atoms with Crippen molar-refractivity contribution in [1.29, 1.82) is 0 Å². The molecular formula is C19H22N6O3S. The lowest BCUT2D eigenvalue weighted by Crippen LogP contribution is -2.39. The van der Waals surface area contributed by atoms with E-state index in [1.807, 2.05) is 24.3 Å². The number of piperidine rings is 1. The summed E-state index contributed by atoms with van der Waals surface area (Å²) >= 11 is 0. The summed E-state index contributed by atoms with van der Waals surface area (Å²) in [5.74, 6) is 1.38. The highest BCUT2D eigenvalue weighted by Crippen LogP contribution is 2.31. The number of aryl methyl sites for hydroxylation is 2. The fraction of sp³-hybridized carbons (Fsp3) is 0.368. The summed E-state index contributed by atoms with van der Waals surface area (Å²) in [5, 5.41) is 6.87. The van der Waals surface area contributed by atoms with E-state index in [1.54, 1.807) is 26.2 Å². The molecule has 0 radical (unpaired) electrons. The summed E-state index contributed by atoms with van der Waals surface area (Å²) in [5.41, 5.74) is 1.19. The number of sulfonamides is 1. The van der Waals surface area contributed by atoms with E-state index >= 15 is 0 Å². The number of anilines is 2. The van der Waals surface area contributed by atoms with Crippen molar-refractivity contribution in [3.8, 4) is 0 Å². The fourth-order valence-electron chi connectivity index (χ4n) is 3.59. The molecule has 1 fully saturated rings. The molecule has 1 aliphatic heterocycles. The third-order valence-electron chi connectivity index (χ3n) is 4.95. The van der Waals surface area contributed by atoms with Gasteiger partial charge in [-0.25, -0.2) is 23.4 Å². The Kier molecular flexibility index (Phi) is 5.29. The Morgan fingerprint density at radius 1 is 1.17 bits per heavy atom. The van der Waals surface area contributed by atoms with Gasteiger partial charge in [0.2, 0.25) is 16.0 Å². The molecule has 0 spiro atoms. The maximum atomic E-state index is 13.1. The van der Waals surface area contributed by atoms with Gasteiger partial charge in [0.25, 0.3) is 0 Å². The van der Waals surface area contributed by atoms with Crippen LogP contribution in [-0.4, -0.2) is 45.9 Å². The average Bonchev–Trinajstić information content (AvgIpc) is 3.08.